The van der Waals surface area contributed by atoms with Gasteiger partial charge in [-0.05, 0) is 50.7 Å². The van der Waals surface area contributed by atoms with Gasteiger partial charge in [-0.15, -0.1) is 11.3 Å². The first kappa shape index (κ1) is 22.0. The summed E-state index contributed by atoms with van der Waals surface area (Å²) in [6.07, 6.45) is 1.85. The lowest BCUT2D eigenvalue weighted by atomic mass is 10.0. The number of likely N-dealkylation sites (tertiary alicyclic amines) is 1. The van der Waals surface area contributed by atoms with Crippen molar-refractivity contribution in [2.75, 3.05) is 19.6 Å². The second-order valence-electron chi connectivity index (χ2n) is 9.48. The smallest absolute Gasteiger partial charge is 0.291 e. The number of thiophene rings is 1. The molecule has 1 atom stereocenters. The van der Waals surface area contributed by atoms with Crippen LogP contribution in [-0.2, 0) is 11.3 Å². The second kappa shape index (κ2) is 8.37. The molecule has 3 aromatic rings. The van der Waals surface area contributed by atoms with Crippen molar-refractivity contribution in [1.29, 1.82) is 0 Å². The van der Waals surface area contributed by atoms with Gasteiger partial charge in [0.05, 0.1) is 5.60 Å². The Morgan fingerprint density at radius 1 is 1.42 bits per heavy atom. The zero-order valence-electron chi connectivity index (χ0n) is 18.6. The zero-order chi connectivity index (χ0) is 22.3. The Hall–Kier alpha value is -2.23. The average molecular weight is 446 g/mol. The fourth-order valence-corrected chi connectivity index (χ4v) is 5.31. The molecule has 0 bridgehead atoms. The van der Waals surface area contributed by atoms with Crippen LogP contribution in [0.4, 0.5) is 0 Å². The number of hydrogen-bond acceptors (Lipinski definition) is 6. The summed E-state index contributed by atoms with van der Waals surface area (Å²) in [6.45, 7) is 9.74. The molecule has 0 aliphatic carbocycles. The molecule has 1 amide bonds. The fourth-order valence-electron chi connectivity index (χ4n) is 4.41. The third-order valence-corrected chi connectivity index (χ3v) is 6.52. The van der Waals surface area contributed by atoms with Gasteiger partial charge in [0.25, 0.3) is 5.56 Å². The van der Waals surface area contributed by atoms with Crippen molar-refractivity contribution >= 4 is 33.0 Å². The maximum Gasteiger partial charge on any atom is 0.291 e. The number of aliphatic hydroxyl groups is 1. The molecule has 1 aliphatic rings. The van der Waals surface area contributed by atoms with Crippen LogP contribution in [0.25, 0.3) is 15.7 Å². The second-order valence-corrected chi connectivity index (χ2v) is 10.4. The summed E-state index contributed by atoms with van der Waals surface area (Å²) in [5, 5.41) is 20.7. The van der Waals surface area contributed by atoms with Gasteiger partial charge in [0.1, 0.15) is 22.7 Å². The van der Waals surface area contributed by atoms with Crippen molar-refractivity contribution in [2.45, 2.75) is 64.6 Å². The van der Waals surface area contributed by atoms with Crippen LogP contribution in [0.5, 0.6) is 0 Å². The molecule has 1 aliphatic heterocycles. The van der Waals surface area contributed by atoms with Gasteiger partial charge in [-0.1, -0.05) is 13.8 Å². The molecule has 2 N–H and O–H groups in total. The van der Waals surface area contributed by atoms with Crippen molar-refractivity contribution in [2.24, 2.45) is 0 Å². The van der Waals surface area contributed by atoms with Crippen LogP contribution in [0.3, 0.4) is 0 Å². The molecule has 168 valence electrons. The number of nitrogens with one attached hydrogen (secondary N) is 1. The maximum atomic E-state index is 13.1. The predicted molar refractivity (Wildman–Crippen MR) is 123 cm³/mol. The lowest BCUT2D eigenvalue weighted by Gasteiger charge is -2.36. The molecular formula is C22H31N5O3S. The lowest BCUT2D eigenvalue weighted by molar-refractivity contribution is -0.123. The van der Waals surface area contributed by atoms with Crippen LogP contribution in [0.15, 0.2) is 22.3 Å². The van der Waals surface area contributed by atoms with Crippen LogP contribution in [0, 0.1) is 0 Å². The van der Waals surface area contributed by atoms with E-state index in [1.165, 1.54) is 4.68 Å². The number of carbonyl (C=O) groups excluding carboxylic acids is 1. The summed E-state index contributed by atoms with van der Waals surface area (Å²) in [5.74, 6) is 0.662. The molecule has 0 spiro atoms. The van der Waals surface area contributed by atoms with Crippen molar-refractivity contribution < 1.29 is 9.90 Å². The van der Waals surface area contributed by atoms with Crippen molar-refractivity contribution in [3.8, 4) is 0 Å². The van der Waals surface area contributed by atoms with Crippen molar-refractivity contribution in [3.63, 3.8) is 0 Å². The Kier molecular flexibility index (Phi) is 5.93. The van der Waals surface area contributed by atoms with E-state index in [-0.39, 0.29) is 30.0 Å². The van der Waals surface area contributed by atoms with Crippen molar-refractivity contribution in [3.05, 3.63) is 33.7 Å². The SMILES string of the molecule is CC(C)c1nn(CC(=O)NC2CCCN(CC(C)(C)O)C2)c(=O)c2cc3ccsc3n12. The quantitative estimate of drug-likeness (QED) is 0.607. The van der Waals surface area contributed by atoms with E-state index in [9.17, 15) is 14.7 Å². The average Bonchev–Trinajstić information content (AvgIpc) is 3.24. The fraction of sp³-hybridized carbons (Fsp3) is 0.591. The summed E-state index contributed by atoms with van der Waals surface area (Å²) < 4.78 is 3.22. The first-order chi connectivity index (χ1) is 14.6. The molecule has 0 radical (unpaired) electrons. The van der Waals surface area contributed by atoms with E-state index in [4.69, 9.17) is 0 Å². The highest BCUT2D eigenvalue weighted by atomic mass is 32.1. The van der Waals surface area contributed by atoms with Gasteiger partial charge in [-0.3, -0.25) is 18.9 Å². The van der Waals surface area contributed by atoms with E-state index in [2.05, 4.69) is 15.3 Å². The number of amides is 1. The van der Waals surface area contributed by atoms with E-state index in [0.717, 1.165) is 35.4 Å². The van der Waals surface area contributed by atoms with Crippen molar-refractivity contribution in [1.82, 2.24) is 24.4 Å². The summed E-state index contributed by atoms with van der Waals surface area (Å²) in [6, 6.07) is 3.88. The van der Waals surface area contributed by atoms with E-state index in [1.807, 2.05) is 35.8 Å². The van der Waals surface area contributed by atoms with Crippen LogP contribution >= 0.6 is 11.3 Å². The molecule has 0 aromatic carbocycles. The number of aromatic nitrogens is 3. The number of hydrogen-bond donors (Lipinski definition) is 2. The van der Waals surface area contributed by atoms with Crippen LogP contribution < -0.4 is 10.9 Å². The largest absolute Gasteiger partial charge is 0.389 e. The molecule has 8 nitrogen and oxygen atoms in total. The van der Waals surface area contributed by atoms with Gasteiger partial charge in [0, 0.05) is 30.4 Å². The van der Waals surface area contributed by atoms with Gasteiger partial charge in [0.15, 0.2) is 0 Å². The number of β-amino-alcohol motifs (C(OH)–C–C–N with tert-alkyl or cyclic N) is 1. The van der Waals surface area contributed by atoms with Gasteiger partial charge < -0.3 is 10.4 Å². The van der Waals surface area contributed by atoms with Gasteiger partial charge in [-0.2, -0.15) is 5.10 Å². The highest BCUT2D eigenvalue weighted by Crippen LogP contribution is 2.26. The number of carbonyl (C=O) groups is 1. The molecule has 1 saturated heterocycles. The summed E-state index contributed by atoms with van der Waals surface area (Å²) in [5.41, 5.74) is -0.464. The molecule has 4 heterocycles. The van der Waals surface area contributed by atoms with E-state index in [1.54, 1.807) is 25.2 Å². The molecule has 3 aromatic heterocycles. The van der Waals surface area contributed by atoms with Gasteiger partial charge in [0.2, 0.25) is 5.91 Å². The monoisotopic (exact) mass is 445 g/mol. The number of piperidine rings is 1. The van der Waals surface area contributed by atoms with Crippen LogP contribution in [-0.4, -0.2) is 61.4 Å². The Morgan fingerprint density at radius 3 is 2.90 bits per heavy atom. The molecule has 9 heteroatoms. The van der Waals surface area contributed by atoms with Crippen LogP contribution in [0.2, 0.25) is 0 Å². The maximum absolute atomic E-state index is 13.1. The minimum atomic E-state index is -0.767. The summed E-state index contributed by atoms with van der Waals surface area (Å²) in [7, 11) is 0. The molecule has 1 fully saturated rings. The highest BCUT2D eigenvalue weighted by molar-refractivity contribution is 7.16. The molecule has 4 rings (SSSR count). The minimum Gasteiger partial charge on any atom is -0.389 e. The third-order valence-electron chi connectivity index (χ3n) is 5.61. The van der Waals surface area contributed by atoms with Gasteiger partial charge in [-0.25, -0.2) is 4.68 Å². The molecule has 1 unspecified atom stereocenters. The van der Waals surface area contributed by atoms with Crippen LogP contribution in [0.1, 0.15) is 52.3 Å². The first-order valence-corrected chi connectivity index (χ1v) is 11.7. The Labute approximate surface area is 185 Å². The Balaban J connectivity index is 1.54. The standard InChI is InChI=1S/C22H31N5O3S/c1-14(2)19-24-26(20(29)17-10-15-7-9-31-21(15)27(17)19)12-18(28)23-16-6-5-8-25(11-16)13-22(3,4)30/h7,9-10,14,16,30H,5-6,8,11-13H2,1-4H3,(H,23,28). The first-order valence-electron chi connectivity index (χ1n) is 10.9. The number of fused-ring (bicyclic) bond motifs is 3. The normalized spacial score (nSPS) is 18.3. The van der Waals surface area contributed by atoms with E-state index >= 15 is 0 Å². The Morgan fingerprint density at radius 2 is 2.19 bits per heavy atom. The number of nitrogens with zero attached hydrogens (tertiary/aromatic N) is 4. The van der Waals surface area contributed by atoms with Gasteiger partial charge >= 0.3 is 0 Å². The summed E-state index contributed by atoms with van der Waals surface area (Å²) in [4.78, 5) is 29.0. The Bertz CT molecular complexity index is 1150. The molecule has 0 saturated carbocycles. The molecule has 31 heavy (non-hydrogen) atoms. The zero-order valence-corrected chi connectivity index (χ0v) is 19.4. The predicted octanol–water partition coefficient (Wildman–Crippen LogP) is 2.19. The van der Waals surface area contributed by atoms with E-state index < -0.39 is 5.60 Å². The molecular weight excluding hydrogens is 414 g/mol. The lowest BCUT2D eigenvalue weighted by Crippen LogP contribution is -2.51. The number of rotatable bonds is 6. The highest BCUT2D eigenvalue weighted by Gasteiger charge is 2.26. The minimum absolute atomic E-state index is 0.00578. The summed E-state index contributed by atoms with van der Waals surface area (Å²) >= 11 is 1.58. The topological polar surface area (TPSA) is 91.9 Å². The van der Waals surface area contributed by atoms with E-state index in [0.29, 0.717) is 18.6 Å². The third kappa shape index (κ3) is 4.68.